The predicted octanol–water partition coefficient (Wildman–Crippen LogP) is 3.51. The number of benzene rings is 2. The summed E-state index contributed by atoms with van der Waals surface area (Å²) in [6.07, 6.45) is 0.475. The number of amides is 1. The van der Waals surface area contributed by atoms with Crippen LogP contribution in [0, 0.1) is 6.92 Å². The van der Waals surface area contributed by atoms with E-state index in [-0.39, 0.29) is 29.4 Å². The number of hydrogen-bond acceptors (Lipinski definition) is 5. The summed E-state index contributed by atoms with van der Waals surface area (Å²) >= 11 is 6.10. The summed E-state index contributed by atoms with van der Waals surface area (Å²) in [4.78, 5) is 12.8. The highest BCUT2D eigenvalue weighted by atomic mass is 35.5. The number of hydrogen-bond donors (Lipinski definition) is 1. The zero-order valence-corrected chi connectivity index (χ0v) is 17.6. The molecule has 3 aromatic rings. The maximum atomic E-state index is 13.4. The molecule has 7 nitrogen and oxygen atoms in total. The lowest BCUT2D eigenvalue weighted by atomic mass is 10.2. The van der Waals surface area contributed by atoms with Crippen LogP contribution in [0.1, 0.15) is 11.3 Å². The van der Waals surface area contributed by atoms with Crippen LogP contribution in [0.15, 0.2) is 70.2 Å². The van der Waals surface area contributed by atoms with Crippen molar-refractivity contribution in [2.45, 2.75) is 24.5 Å². The molecule has 30 heavy (non-hydrogen) atoms. The van der Waals surface area contributed by atoms with Crippen molar-refractivity contribution < 1.29 is 22.4 Å². The van der Waals surface area contributed by atoms with Gasteiger partial charge in [0.15, 0.2) is 6.10 Å². The lowest BCUT2D eigenvalue weighted by Gasteiger charge is -2.34. The minimum Gasteiger partial charge on any atom is -0.476 e. The number of furan rings is 1. The minimum absolute atomic E-state index is 0.121. The number of nitrogens with zero attached hydrogens (tertiary/aromatic N) is 1. The summed E-state index contributed by atoms with van der Waals surface area (Å²) in [6.45, 7) is 1.86. The Balaban J connectivity index is 1.65. The van der Waals surface area contributed by atoms with Gasteiger partial charge in [0.1, 0.15) is 11.5 Å². The highest BCUT2D eigenvalue weighted by molar-refractivity contribution is 7.92. The first-order chi connectivity index (χ1) is 14.3. The van der Waals surface area contributed by atoms with Gasteiger partial charge in [-0.1, -0.05) is 29.3 Å². The van der Waals surface area contributed by atoms with E-state index in [0.29, 0.717) is 10.8 Å². The topological polar surface area (TPSA) is 88.9 Å². The van der Waals surface area contributed by atoms with Gasteiger partial charge in [-0.2, -0.15) is 0 Å². The third kappa shape index (κ3) is 4.01. The van der Waals surface area contributed by atoms with Crippen LogP contribution in [0.4, 0.5) is 5.69 Å². The Bertz CT molecular complexity index is 1160. The number of nitrogens with one attached hydrogen (secondary N) is 1. The van der Waals surface area contributed by atoms with Crippen molar-refractivity contribution in [1.82, 2.24) is 5.32 Å². The molecular weight excluding hydrogens is 428 g/mol. The molecule has 1 aromatic heterocycles. The van der Waals surface area contributed by atoms with Crippen molar-refractivity contribution in [1.29, 1.82) is 0 Å². The monoisotopic (exact) mass is 446 g/mol. The number of ether oxygens (including phenoxy) is 1. The van der Waals surface area contributed by atoms with Gasteiger partial charge in [0, 0.05) is 5.02 Å². The maximum Gasteiger partial charge on any atom is 0.264 e. The normalized spacial score (nSPS) is 15.9. The number of fused-ring (bicyclic) bond motifs is 1. The molecule has 0 saturated heterocycles. The Labute approximate surface area is 179 Å². The fourth-order valence-electron chi connectivity index (χ4n) is 3.13. The molecule has 0 aliphatic carbocycles. The number of aryl methyl sites for hydroxylation is 1. The molecule has 0 fully saturated rings. The molecule has 1 aliphatic rings. The van der Waals surface area contributed by atoms with Crippen molar-refractivity contribution in [3.8, 4) is 5.75 Å². The van der Waals surface area contributed by atoms with E-state index in [1.807, 2.05) is 6.92 Å². The second-order valence-electron chi connectivity index (χ2n) is 6.86. The summed E-state index contributed by atoms with van der Waals surface area (Å²) in [5, 5.41) is 3.07. The van der Waals surface area contributed by atoms with Gasteiger partial charge in [0.05, 0.1) is 29.9 Å². The van der Waals surface area contributed by atoms with E-state index >= 15 is 0 Å². The Morgan fingerprint density at radius 1 is 1.20 bits per heavy atom. The molecule has 0 unspecified atom stereocenters. The maximum absolute atomic E-state index is 13.4. The number of halogens is 1. The third-order valence-corrected chi connectivity index (χ3v) is 6.74. The molecule has 2 aromatic carbocycles. The largest absolute Gasteiger partial charge is 0.476 e. The van der Waals surface area contributed by atoms with Gasteiger partial charge in [-0.15, -0.1) is 0 Å². The fourth-order valence-corrected chi connectivity index (χ4v) is 4.76. The van der Waals surface area contributed by atoms with Gasteiger partial charge < -0.3 is 14.5 Å². The van der Waals surface area contributed by atoms with E-state index in [1.165, 1.54) is 28.8 Å². The molecule has 1 atom stereocenters. The molecule has 0 bridgehead atoms. The Kier molecular flexibility index (Phi) is 5.44. The van der Waals surface area contributed by atoms with Gasteiger partial charge in [0.2, 0.25) is 0 Å². The van der Waals surface area contributed by atoms with Crippen LogP contribution in [-0.4, -0.2) is 27.0 Å². The van der Waals surface area contributed by atoms with E-state index < -0.39 is 22.0 Å². The first kappa shape index (κ1) is 20.3. The van der Waals surface area contributed by atoms with E-state index in [1.54, 1.807) is 36.4 Å². The first-order valence-electron chi connectivity index (χ1n) is 9.20. The molecule has 4 rings (SSSR count). The van der Waals surface area contributed by atoms with Crippen molar-refractivity contribution in [2.75, 3.05) is 10.8 Å². The Morgan fingerprint density at radius 3 is 2.67 bits per heavy atom. The highest BCUT2D eigenvalue weighted by Crippen LogP contribution is 2.38. The zero-order chi connectivity index (χ0) is 21.3. The van der Waals surface area contributed by atoms with Crippen LogP contribution in [-0.2, 0) is 21.4 Å². The van der Waals surface area contributed by atoms with Gasteiger partial charge in [-0.3, -0.25) is 9.10 Å². The highest BCUT2D eigenvalue weighted by Gasteiger charge is 2.37. The van der Waals surface area contributed by atoms with E-state index in [2.05, 4.69) is 5.32 Å². The number of sulfonamides is 1. The van der Waals surface area contributed by atoms with Crippen molar-refractivity contribution in [3.63, 3.8) is 0 Å². The second kappa shape index (κ2) is 8.04. The Morgan fingerprint density at radius 2 is 1.97 bits per heavy atom. The summed E-state index contributed by atoms with van der Waals surface area (Å²) in [5.74, 6) is 0.395. The molecule has 9 heteroatoms. The van der Waals surface area contributed by atoms with Gasteiger partial charge in [-0.25, -0.2) is 8.42 Å². The Hall–Kier alpha value is -2.97. The first-order valence-corrected chi connectivity index (χ1v) is 11.0. The number of carbonyl (C=O) groups excluding carboxylic acids is 1. The van der Waals surface area contributed by atoms with Crippen LogP contribution in [0.3, 0.4) is 0 Å². The molecule has 156 valence electrons. The summed E-state index contributed by atoms with van der Waals surface area (Å²) in [7, 11) is -3.94. The average Bonchev–Trinajstić information content (AvgIpc) is 3.25. The molecule has 0 spiro atoms. The smallest absolute Gasteiger partial charge is 0.264 e. The van der Waals surface area contributed by atoms with Crippen LogP contribution in [0.2, 0.25) is 5.02 Å². The van der Waals surface area contributed by atoms with E-state index in [9.17, 15) is 13.2 Å². The summed E-state index contributed by atoms with van der Waals surface area (Å²) in [5.41, 5.74) is 1.23. The molecular formula is C21H19ClN2O5S. The lowest BCUT2D eigenvalue weighted by Crippen LogP contribution is -2.50. The van der Waals surface area contributed by atoms with E-state index in [4.69, 9.17) is 20.8 Å². The van der Waals surface area contributed by atoms with Crippen LogP contribution in [0.5, 0.6) is 5.75 Å². The third-order valence-electron chi connectivity index (χ3n) is 4.71. The fraction of sp³-hybridized carbons (Fsp3) is 0.190. The van der Waals surface area contributed by atoms with Crippen LogP contribution in [0.25, 0.3) is 0 Å². The molecule has 0 saturated carbocycles. The number of rotatable bonds is 5. The number of carbonyl (C=O) groups is 1. The van der Waals surface area contributed by atoms with Gasteiger partial charge >= 0.3 is 0 Å². The minimum atomic E-state index is -3.94. The molecule has 0 radical (unpaired) electrons. The van der Waals surface area contributed by atoms with Gasteiger partial charge in [-0.05, 0) is 49.4 Å². The molecule has 1 aliphatic heterocycles. The molecule has 1 amide bonds. The summed E-state index contributed by atoms with van der Waals surface area (Å²) in [6, 6.07) is 14.6. The predicted molar refractivity (Wildman–Crippen MR) is 112 cm³/mol. The van der Waals surface area contributed by atoms with Crippen LogP contribution < -0.4 is 14.4 Å². The average molecular weight is 447 g/mol. The lowest BCUT2D eigenvalue weighted by molar-refractivity contribution is -0.128. The van der Waals surface area contributed by atoms with Gasteiger partial charge in [0.25, 0.3) is 15.9 Å². The van der Waals surface area contributed by atoms with Crippen molar-refractivity contribution in [2.24, 2.45) is 0 Å². The zero-order valence-electron chi connectivity index (χ0n) is 16.0. The quantitative estimate of drug-likeness (QED) is 0.647. The molecule has 2 heterocycles. The van der Waals surface area contributed by atoms with Crippen molar-refractivity contribution in [3.05, 3.63) is 77.2 Å². The van der Waals surface area contributed by atoms with E-state index in [0.717, 1.165) is 5.56 Å². The second-order valence-corrected chi connectivity index (χ2v) is 9.16. The molecule has 1 N–H and O–H groups in total. The standard InChI is InChI=1S/C21H19ClN2O5S/c1-14-4-7-17(8-5-14)30(26,27)24-13-20(21(25)23-12-16-3-2-10-28-16)29-19-9-6-15(22)11-18(19)24/h2-11,20H,12-13H2,1H3,(H,23,25)/t20-/m0/s1. The number of anilines is 1. The summed E-state index contributed by atoms with van der Waals surface area (Å²) < 4.78 is 38.9. The van der Waals surface area contributed by atoms with Crippen LogP contribution >= 0.6 is 11.6 Å². The SMILES string of the molecule is Cc1ccc(S(=O)(=O)N2C[C@@H](C(=O)NCc3ccco3)Oc3ccc(Cl)cc32)cc1. The van der Waals surface area contributed by atoms with Crippen molar-refractivity contribution >= 4 is 33.2 Å².